The largest absolute Gasteiger partial charge is 0.437 e. The van der Waals surface area contributed by atoms with Crippen molar-refractivity contribution in [2.24, 2.45) is 50.4 Å². The maximum atomic E-state index is 6.50. The Morgan fingerprint density at radius 2 is 0.696 bits per heavy atom. The fourth-order valence-corrected chi connectivity index (χ4v) is 17.1. The van der Waals surface area contributed by atoms with E-state index in [4.69, 9.17) is 32.6 Å². The molecule has 1 aliphatic rings. The number of aryl methyl sites for hydroxylation is 10. The van der Waals surface area contributed by atoms with Crippen LogP contribution in [0.2, 0.25) is 0 Å². The molecular formula is C103H120N8O4+4. The average molecular weight is 1530 g/mol. The number of aromatic nitrogens is 8. The molecule has 12 aromatic heterocycles. The SMILES string of the molecule is CCc1ccc2c(n1)oc1c(-c3cc(CC(C)(C)C)cc[n+]3C)c(C)ccc12.Cc1ccc2c(n1)oc1c(-c3cc(CC(C)(C)C)cc[n+]3C)c(C)ccc12.Cc1ccc2c(oc3nc(C(C)C)ccc32)c1-c1cc(CC(C)(C)C)cc[n+]1C.Cc1ccc2c(oc3nc(C4CCCCC4)ccc32)c1-c1cc(CC(C)C)cc[n+]1C. The molecule has 16 aromatic rings. The lowest BCUT2D eigenvalue weighted by atomic mass is 9.86. The highest BCUT2D eigenvalue weighted by Gasteiger charge is 2.30. The number of hydrogen-bond donors (Lipinski definition) is 0. The van der Waals surface area contributed by atoms with Crippen LogP contribution in [0.4, 0.5) is 0 Å². The second-order valence-electron chi connectivity index (χ2n) is 37.4. The first kappa shape index (κ1) is 80.9. The van der Waals surface area contributed by atoms with Gasteiger partial charge < -0.3 is 17.7 Å². The summed E-state index contributed by atoms with van der Waals surface area (Å²) >= 11 is 0. The van der Waals surface area contributed by atoms with Crippen LogP contribution >= 0.6 is 0 Å². The minimum absolute atomic E-state index is 0.245. The van der Waals surface area contributed by atoms with E-state index in [-0.39, 0.29) is 16.2 Å². The normalized spacial score (nSPS) is 13.1. The molecule has 0 aliphatic heterocycles. The van der Waals surface area contributed by atoms with Gasteiger partial charge in [0.2, 0.25) is 45.6 Å². The van der Waals surface area contributed by atoms with Gasteiger partial charge >= 0.3 is 0 Å². The summed E-state index contributed by atoms with van der Waals surface area (Å²) in [5.41, 5.74) is 31.4. The van der Waals surface area contributed by atoms with E-state index in [1.165, 1.54) is 111 Å². The summed E-state index contributed by atoms with van der Waals surface area (Å²) in [6.07, 6.45) is 20.2. The molecule has 0 bridgehead atoms. The van der Waals surface area contributed by atoms with Crippen molar-refractivity contribution in [2.45, 2.75) is 208 Å². The Morgan fingerprint density at radius 3 is 1.07 bits per heavy atom. The molecule has 592 valence electrons. The number of furan rings is 4. The zero-order chi connectivity index (χ0) is 81.9. The van der Waals surface area contributed by atoms with Crippen LogP contribution in [0.25, 0.3) is 133 Å². The number of rotatable bonds is 12. The van der Waals surface area contributed by atoms with Crippen molar-refractivity contribution >= 4 is 88.3 Å². The van der Waals surface area contributed by atoms with E-state index in [2.05, 4.69) is 340 Å². The van der Waals surface area contributed by atoms with Crippen molar-refractivity contribution in [2.75, 3.05) is 0 Å². The first-order valence-corrected chi connectivity index (χ1v) is 41.9. The van der Waals surface area contributed by atoms with Gasteiger partial charge in [0.15, 0.2) is 47.1 Å². The molecule has 0 radical (unpaired) electrons. The standard InChI is InChI=1S/C28H33N2O.C26H31N2O.C25H29N2O.C24H27N2O/c1-18(2)16-20-14-15-30(4)25(17-20)26-19(3)10-11-22-23-12-13-24(21-8-6-5-7-9-21)29-28(23)31-27(22)26;1-16(2)21-11-10-20-19-9-8-17(3)23(24(19)29-25(20)27-21)22-14-18(12-13-28(22)7)15-26(4,5)6;1-7-18-9-11-20-19-10-8-16(2)22(23(19)28-24(20)26-18)21-14-17(12-13-27(21)6)15-25(3,4)5;1-15-7-9-18-19-10-8-16(2)25-23(19)27-22(18)21(15)20-13-17(11-12-26(20)6)14-24(3,4)5/h10-15,17-18,21H,5-9,16H2,1-4H3;8-14,16H,15H2,1-7H3;8-14H,7,15H2,1-6H3;7-13H,14H2,1-6H3/q4*+1. The van der Waals surface area contributed by atoms with E-state index in [9.17, 15) is 0 Å². The summed E-state index contributed by atoms with van der Waals surface area (Å²) in [4.78, 5) is 19.1. The fourth-order valence-electron chi connectivity index (χ4n) is 17.1. The highest BCUT2D eigenvalue weighted by molar-refractivity contribution is 6.12. The minimum atomic E-state index is 0.245. The highest BCUT2D eigenvalue weighted by atomic mass is 16.4. The van der Waals surface area contributed by atoms with Gasteiger partial charge in [0.25, 0.3) is 0 Å². The Balaban J connectivity index is 0.000000127. The van der Waals surface area contributed by atoms with Gasteiger partial charge in [0.05, 0.1) is 22.3 Å². The lowest BCUT2D eigenvalue weighted by molar-refractivity contribution is -0.660. The third kappa shape index (κ3) is 17.5. The van der Waals surface area contributed by atoms with Gasteiger partial charge in [-0.15, -0.1) is 0 Å². The molecule has 0 N–H and O–H groups in total. The molecular weight excluding hydrogens is 1410 g/mol. The van der Waals surface area contributed by atoms with Gasteiger partial charge in [0, 0.05) is 120 Å². The van der Waals surface area contributed by atoms with E-state index < -0.39 is 0 Å². The zero-order valence-electron chi connectivity index (χ0n) is 72.7. The molecule has 17 rings (SSSR count). The molecule has 1 fully saturated rings. The van der Waals surface area contributed by atoms with Crippen LogP contribution in [-0.2, 0) is 60.3 Å². The Hall–Kier alpha value is -10.7. The number of hydrogen-bond acceptors (Lipinski definition) is 8. The van der Waals surface area contributed by atoms with Crippen LogP contribution in [0.3, 0.4) is 0 Å². The molecule has 0 amide bonds. The molecule has 115 heavy (non-hydrogen) atoms. The summed E-state index contributed by atoms with van der Waals surface area (Å²) in [5.74, 6) is 1.59. The zero-order valence-corrected chi connectivity index (χ0v) is 72.7. The Bertz CT molecular complexity index is 6330. The van der Waals surface area contributed by atoms with Gasteiger partial charge in [-0.1, -0.05) is 165 Å². The van der Waals surface area contributed by atoms with Crippen LogP contribution in [0.5, 0.6) is 0 Å². The number of pyridine rings is 8. The molecule has 0 atom stereocenters. The number of fused-ring (bicyclic) bond motifs is 12. The van der Waals surface area contributed by atoms with Crippen molar-refractivity contribution in [3.05, 3.63) is 238 Å². The third-order valence-corrected chi connectivity index (χ3v) is 22.8. The molecule has 0 spiro atoms. The molecule has 12 nitrogen and oxygen atoms in total. The molecule has 1 saturated carbocycles. The molecule has 12 heterocycles. The third-order valence-electron chi connectivity index (χ3n) is 22.8. The summed E-state index contributed by atoms with van der Waals surface area (Å²) < 4.78 is 34.2. The first-order valence-electron chi connectivity index (χ1n) is 41.9. The van der Waals surface area contributed by atoms with Crippen molar-refractivity contribution in [1.82, 2.24) is 19.9 Å². The number of benzene rings is 4. The van der Waals surface area contributed by atoms with E-state index in [0.717, 1.165) is 148 Å². The van der Waals surface area contributed by atoms with E-state index in [1.54, 1.807) is 0 Å². The molecule has 12 heteroatoms. The minimum Gasteiger partial charge on any atom is -0.437 e. The summed E-state index contributed by atoms with van der Waals surface area (Å²) in [7, 11) is 8.42. The van der Waals surface area contributed by atoms with Crippen LogP contribution in [0.1, 0.15) is 208 Å². The molecule has 0 unspecified atom stereocenters. The highest BCUT2D eigenvalue weighted by Crippen LogP contribution is 2.43. The Morgan fingerprint density at radius 1 is 0.365 bits per heavy atom. The number of nitrogens with zero attached hydrogens (tertiary/aromatic N) is 8. The summed E-state index contributed by atoms with van der Waals surface area (Å²) in [5, 5.41) is 8.91. The Kier molecular flexibility index (Phi) is 22.9. The maximum absolute atomic E-state index is 6.50. The average Bonchev–Trinajstić information content (AvgIpc) is 1.63. The van der Waals surface area contributed by atoms with Crippen LogP contribution < -0.4 is 18.3 Å². The van der Waals surface area contributed by atoms with Crippen molar-refractivity contribution in [1.29, 1.82) is 0 Å². The first-order chi connectivity index (χ1) is 54.6. The second-order valence-corrected chi connectivity index (χ2v) is 37.4. The monoisotopic (exact) mass is 1530 g/mol. The Labute approximate surface area is 680 Å². The van der Waals surface area contributed by atoms with Gasteiger partial charge in [-0.05, 0) is 201 Å². The summed E-state index contributed by atoms with van der Waals surface area (Å²) in [6, 6.07) is 52.7. The van der Waals surface area contributed by atoms with E-state index in [1.807, 2.05) is 13.0 Å². The lowest BCUT2D eigenvalue weighted by Crippen LogP contribution is -2.31. The van der Waals surface area contributed by atoms with E-state index in [0.29, 0.717) is 23.5 Å². The van der Waals surface area contributed by atoms with Crippen LogP contribution in [0.15, 0.2) is 188 Å². The quantitative estimate of drug-likeness (QED) is 0.111. The predicted octanol–water partition coefficient (Wildman–Crippen LogP) is 25.1. The lowest BCUT2D eigenvalue weighted by Gasteiger charge is -2.20. The summed E-state index contributed by atoms with van der Waals surface area (Å²) in [6.45, 7) is 42.1. The smallest absolute Gasteiger partial charge is 0.227 e. The topological polar surface area (TPSA) is 120 Å². The van der Waals surface area contributed by atoms with Gasteiger partial charge in [-0.3, -0.25) is 0 Å². The van der Waals surface area contributed by atoms with E-state index >= 15 is 0 Å². The predicted molar refractivity (Wildman–Crippen MR) is 474 cm³/mol. The van der Waals surface area contributed by atoms with Crippen molar-refractivity contribution in [3.8, 4) is 45.0 Å². The van der Waals surface area contributed by atoms with Gasteiger partial charge in [-0.25, -0.2) is 38.2 Å². The maximum Gasteiger partial charge on any atom is 0.227 e. The van der Waals surface area contributed by atoms with Crippen molar-refractivity contribution in [3.63, 3.8) is 0 Å². The van der Waals surface area contributed by atoms with Crippen LogP contribution in [0, 0.1) is 56.8 Å². The molecule has 4 aromatic carbocycles. The van der Waals surface area contributed by atoms with Crippen LogP contribution in [-0.4, -0.2) is 19.9 Å². The van der Waals surface area contributed by atoms with Crippen molar-refractivity contribution < 1.29 is 35.9 Å². The fraction of sp³-hybridized carbons (Fsp3) is 0.379. The van der Waals surface area contributed by atoms with Gasteiger partial charge in [-0.2, -0.15) is 0 Å². The molecule has 1 aliphatic carbocycles. The molecule has 0 saturated heterocycles. The van der Waals surface area contributed by atoms with Gasteiger partial charge in [0.1, 0.15) is 28.2 Å². The second kappa shape index (κ2) is 32.5.